The Labute approximate surface area is 155 Å². The number of carbonyl (C=O) groups is 1. The van der Waals surface area contributed by atoms with Crippen LogP contribution in [-0.2, 0) is 0 Å². The molecule has 1 aromatic carbocycles. The van der Waals surface area contributed by atoms with E-state index in [9.17, 15) is 9.18 Å². The molecule has 3 heterocycles. The zero-order valence-electron chi connectivity index (χ0n) is 14.9. The van der Waals surface area contributed by atoms with E-state index in [2.05, 4.69) is 26.0 Å². The second-order valence-corrected chi connectivity index (χ2v) is 6.52. The highest BCUT2D eigenvalue weighted by atomic mass is 19.1. The molecule has 0 spiro atoms. The Hall–Kier alpha value is -3.07. The van der Waals surface area contributed by atoms with Gasteiger partial charge in [0.15, 0.2) is 11.5 Å². The number of hydrogen-bond donors (Lipinski definition) is 2. The van der Waals surface area contributed by atoms with Crippen molar-refractivity contribution >= 4 is 11.6 Å². The Morgan fingerprint density at radius 3 is 2.85 bits per heavy atom. The van der Waals surface area contributed by atoms with E-state index >= 15 is 0 Å². The van der Waals surface area contributed by atoms with Crippen LogP contribution in [0.4, 0.5) is 10.1 Å². The first-order chi connectivity index (χ1) is 13.1. The first-order valence-corrected chi connectivity index (χ1v) is 8.87. The van der Waals surface area contributed by atoms with E-state index in [0.717, 1.165) is 25.9 Å². The van der Waals surface area contributed by atoms with Crippen molar-refractivity contribution in [3.8, 4) is 5.69 Å². The van der Waals surface area contributed by atoms with Crippen LogP contribution < -0.4 is 10.6 Å². The van der Waals surface area contributed by atoms with Gasteiger partial charge in [0.2, 0.25) is 0 Å². The normalized spacial score (nSPS) is 15.0. The quantitative estimate of drug-likeness (QED) is 0.735. The fraction of sp³-hybridized carbons (Fsp3) is 0.333. The standard InChI is InChI=1S/C18H20FN7O/c1-12-17(23-24-26(12)14-5-8-20-9-6-14)18(27)22-13-3-4-16(15(19)11-13)25-10-2-7-21-25/h2-4,7,10-11,14,20H,5-6,8-9H2,1H3,(H,22,27). The van der Waals surface area contributed by atoms with Crippen molar-refractivity contribution < 1.29 is 9.18 Å². The number of hydrogen-bond acceptors (Lipinski definition) is 5. The molecule has 3 aromatic rings. The summed E-state index contributed by atoms with van der Waals surface area (Å²) in [6.07, 6.45) is 5.12. The largest absolute Gasteiger partial charge is 0.320 e. The lowest BCUT2D eigenvalue weighted by Crippen LogP contribution is -2.30. The van der Waals surface area contributed by atoms with Crippen molar-refractivity contribution in [2.45, 2.75) is 25.8 Å². The Bertz CT molecular complexity index is 945. The highest BCUT2D eigenvalue weighted by Gasteiger charge is 2.23. The van der Waals surface area contributed by atoms with Crippen LogP contribution in [0.15, 0.2) is 36.7 Å². The van der Waals surface area contributed by atoms with Crippen LogP contribution in [0.2, 0.25) is 0 Å². The highest BCUT2D eigenvalue weighted by molar-refractivity contribution is 6.03. The van der Waals surface area contributed by atoms with Gasteiger partial charge in [-0.25, -0.2) is 13.8 Å². The molecular weight excluding hydrogens is 349 g/mol. The minimum Gasteiger partial charge on any atom is -0.320 e. The van der Waals surface area contributed by atoms with Crippen LogP contribution in [0.3, 0.4) is 0 Å². The molecule has 0 bridgehead atoms. The number of anilines is 1. The van der Waals surface area contributed by atoms with Gasteiger partial charge in [0.25, 0.3) is 5.91 Å². The molecule has 1 fully saturated rings. The summed E-state index contributed by atoms with van der Waals surface area (Å²) in [7, 11) is 0. The van der Waals surface area contributed by atoms with E-state index in [0.29, 0.717) is 17.1 Å². The summed E-state index contributed by atoms with van der Waals surface area (Å²) in [5.41, 5.74) is 1.63. The second-order valence-electron chi connectivity index (χ2n) is 6.52. The average molecular weight is 369 g/mol. The van der Waals surface area contributed by atoms with Gasteiger partial charge in [-0.2, -0.15) is 5.10 Å². The number of benzene rings is 1. The minimum absolute atomic E-state index is 0.242. The van der Waals surface area contributed by atoms with Crippen molar-refractivity contribution in [3.63, 3.8) is 0 Å². The van der Waals surface area contributed by atoms with Gasteiger partial charge in [-0.1, -0.05) is 5.21 Å². The second kappa shape index (κ2) is 7.28. The molecule has 8 nitrogen and oxygen atoms in total. The van der Waals surface area contributed by atoms with E-state index in [-0.39, 0.29) is 11.7 Å². The smallest absolute Gasteiger partial charge is 0.278 e. The summed E-state index contributed by atoms with van der Waals surface area (Å²) in [5, 5.41) is 18.2. The summed E-state index contributed by atoms with van der Waals surface area (Å²) in [6, 6.07) is 6.41. The number of halogens is 1. The molecule has 2 N–H and O–H groups in total. The Kier molecular flexibility index (Phi) is 4.68. The van der Waals surface area contributed by atoms with Crippen molar-refractivity contribution in [1.29, 1.82) is 0 Å². The van der Waals surface area contributed by atoms with Crippen LogP contribution in [0.1, 0.15) is 35.1 Å². The molecule has 0 radical (unpaired) electrons. The Balaban J connectivity index is 1.51. The van der Waals surface area contributed by atoms with E-state index in [1.54, 1.807) is 30.6 Å². The molecule has 0 aliphatic carbocycles. The molecule has 0 saturated carbocycles. The lowest BCUT2D eigenvalue weighted by molar-refractivity contribution is 0.102. The molecule has 0 atom stereocenters. The molecule has 9 heteroatoms. The van der Waals surface area contributed by atoms with Gasteiger partial charge in [0.1, 0.15) is 5.69 Å². The third-order valence-electron chi connectivity index (χ3n) is 4.75. The van der Waals surface area contributed by atoms with Gasteiger partial charge in [-0.3, -0.25) is 4.79 Å². The summed E-state index contributed by atoms with van der Waals surface area (Å²) < 4.78 is 17.6. The zero-order chi connectivity index (χ0) is 18.8. The maximum absolute atomic E-state index is 14.3. The van der Waals surface area contributed by atoms with Crippen molar-refractivity contribution in [3.05, 3.63) is 53.9 Å². The lowest BCUT2D eigenvalue weighted by Gasteiger charge is -2.23. The molecule has 27 heavy (non-hydrogen) atoms. The number of amides is 1. The molecule has 1 aliphatic rings. The fourth-order valence-corrected chi connectivity index (χ4v) is 3.32. The van der Waals surface area contributed by atoms with Gasteiger partial charge in [-0.15, -0.1) is 5.10 Å². The van der Waals surface area contributed by atoms with Crippen LogP contribution in [0.25, 0.3) is 5.69 Å². The fourth-order valence-electron chi connectivity index (χ4n) is 3.32. The van der Waals surface area contributed by atoms with Crippen LogP contribution in [0.5, 0.6) is 0 Å². The third kappa shape index (κ3) is 3.45. The first-order valence-electron chi connectivity index (χ1n) is 8.87. The maximum Gasteiger partial charge on any atom is 0.278 e. The van der Waals surface area contributed by atoms with E-state index in [1.807, 2.05) is 11.6 Å². The van der Waals surface area contributed by atoms with Gasteiger partial charge < -0.3 is 10.6 Å². The van der Waals surface area contributed by atoms with Gasteiger partial charge in [0.05, 0.1) is 11.7 Å². The van der Waals surface area contributed by atoms with Crippen molar-refractivity contribution in [2.75, 3.05) is 18.4 Å². The van der Waals surface area contributed by atoms with Gasteiger partial charge in [0, 0.05) is 18.1 Å². The number of nitrogens with zero attached hydrogens (tertiary/aromatic N) is 5. The molecule has 0 unspecified atom stereocenters. The Morgan fingerprint density at radius 2 is 2.15 bits per heavy atom. The Morgan fingerprint density at radius 1 is 1.33 bits per heavy atom. The highest BCUT2D eigenvalue weighted by Crippen LogP contribution is 2.22. The minimum atomic E-state index is -0.480. The van der Waals surface area contributed by atoms with Crippen molar-refractivity contribution in [1.82, 2.24) is 30.1 Å². The molecular formula is C18H20FN7O. The van der Waals surface area contributed by atoms with Crippen LogP contribution in [-0.4, -0.2) is 43.8 Å². The molecule has 140 valence electrons. The van der Waals surface area contributed by atoms with Gasteiger partial charge >= 0.3 is 0 Å². The first kappa shape index (κ1) is 17.3. The predicted molar refractivity (Wildman–Crippen MR) is 97.4 cm³/mol. The van der Waals surface area contributed by atoms with Crippen molar-refractivity contribution in [2.24, 2.45) is 0 Å². The summed E-state index contributed by atoms with van der Waals surface area (Å²) >= 11 is 0. The molecule has 2 aromatic heterocycles. The summed E-state index contributed by atoms with van der Waals surface area (Å²) in [4.78, 5) is 12.6. The molecule has 4 rings (SSSR count). The van der Waals surface area contributed by atoms with E-state index in [4.69, 9.17) is 0 Å². The van der Waals surface area contributed by atoms with E-state index < -0.39 is 11.7 Å². The molecule has 1 saturated heterocycles. The van der Waals surface area contributed by atoms with Crippen LogP contribution >= 0.6 is 0 Å². The topological polar surface area (TPSA) is 89.7 Å². The van der Waals surface area contributed by atoms with Crippen LogP contribution in [0, 0.1) is 12.7 Å². The predicted octanol–water partition coefficient (Wildman–Crippen LogP) is 2.09. The molecule has 1 amide bonds. The number of carbonyl (C=O) groups excluding carboxylic acids is 1. The SMILES string of the molecule is Cc1c(C(=O)Nc2ccc(-n3cccn3)c(F)c2)nnn1C1CCNCC1. The maximum atomic E-state index is 14.3. The summed E-state index contributed by atoms with van der Waals surface area (Å²) in [6.45, 7) is 3.68. The average Bonchev–Trinajstić information content (AvgIpc) is 3.32. The number of piperidine rings is 1. The third-order valence-corrected chi connectivity index (χ3v) is 4.75. The zero-order valence-corrected chi connectivity index (χ0v) is 14.9. The monoisotopic (exact) mass is 369 g/mol. The number of aromatic nitrogens is 5. The van der Waals surface area contributed by atoms with E-state index in [1.165, 1.54) is 10.7 Å². The molecule has 1 aliphatic heterocycles. The summed E-state index contributed by atoms with van der Waals surface area (Å²) in [5.74, 6) is -0.884. The number of rotatable bonds is 4. The van der Waals surface area contributed by atoms with Gasteiger partial charge in [-0.05, 0) is 57.1 Å². The number of nitrogens with one attached hydrogen (secondary N) is 2. The lowest BCUT2D eigenvalue weighted by atomic mass is 10.1.